The first-order valence-electron chi connectivity index (χ1n) is 8.14. The van der Waals surface area contributed by atoms with Gasteiger partial charge in [0.25, 0.3) is 0 Å². The predicted octanol–water partition coefficient (Wildman–Crippen LogP) is 2.75. The number of rotatable bonds is 5. The third-order valence-corrected chi connectivity index (χ3v) is 5.81. The molecule has 0 saturated carbocycles. The van der Waals surface area contributed by atoms with Gasteiger partial charge >= 0.3 is 12.4 Å². The fraction of sp³-hybridized carbons (Fsp3) is 0.375. The summed E-state index contributed by atoms with van der Waals surface area (Å²) in [5, 5.41) is 0. The number of halogens is 4. The van der Waals surface area contributed by atoms with Crippen molar-refractivity contribution in [2.75, 3.05) is 13.1 Å². The fourth-order valence-corrected chi connectivity index (χ4v) is 4.37. The molecule has 7 nitrogen and oxygen atoms in total. The van der Waals surface area contributed by atoms with E-state index < -0.39 is 39.0 Å². The number of hydrogen-bond donors (Lipinski definition) is 0. The van der Waals surface area contributed by atoms with Gasteiger partial charge < -0.3 is 9.47 Å². The highest BCUT2D eigenvalue weighted by molar-refractivity contribution is 7.89. The van der Waals surface area contributed by atoms with Gasteiger partial charge in [-0.1, -0.05) is 12.1 Å². The maximum absolute atomic E-state index is 12.9. The van der Waals surface area contributed by atoms with E-state index in [0.29, 0.717) is 12.8 Å². The molecular formula is C16H15F4N3O4S. The number of nitrogens with zero attached hydrogens (tertiary/aromatic N) is 3. The molecule has 1 aliphatic heterocycles. The molecule has 2 aromatic rings. The molecule has 12 heteroatoms. The van der Waals surface area contributed by atoms with Crippen LogP contribution in [0.2, 0.25) is 0 Å². The first-order chi connectivity index (χ1) is 13.1. The van der Waals surface area contributed by atoms with Gasteiger partial charge in [-0.25, -0.2) is 22.8 Å². The second-order valence-electron chi connectivity index (χ2n) is 5.92. The molecular weight excluding hydrogens is 406 g/mol. The standard InChI is InChI=1S/C16H15F4N3O4S/c17-11-8-21-15(22-9-11)26-12-4-3-7-23(10-12)28(24,25)14-6-2-1-5-13(14)27-16(18,19)20/h1-2,5-6,8-9,12H,3-4,7,10H2. The Bertz CT molecular complexity index is 922. The number of benzene rings is 1. The molecule has 2 heterocycles. The van der Waals surface area contributed by atoms with E-state index in [2.05, 4.69) is 14.7 Å². The first-order valence-corrected chi connectivity index (χ1v) is 9.58. The zero-order chi connectivity index (χ0) is 20.4. The lowest BCUT2D eigenvalue weighted by atomic mass is 10.1. The van der Waals surface area contributed by atoms with Crippen molar-refractivity contribution in [2.45, 2.75) is 30.2 Å². The minimum Gasteiger partial charge on any atom is -0.459 e. The third-order valence-electron chi connectivity index (χ3n) is 3.90. The van der Waals surface area contributed by atoms with Crippen molar-refractivity contribution in [1.29, 1.82) is 0 Å². The van der Waals surface area contributed by atoms with Crippen molar-refractivity contribution in [3.63, 3.8) is 0 Å². The molecule has 0 aliphatic carbocycles. The Morgan fingerprint density at radius 3 is 2.50 bits per heavy atom. The Hall–Kier alpha value is -2.47. The largest absolute Gasteiger partial charge is 0.573 e. The van der Waals surface area contributed by atoms with Crippen LogP contribution >= 0.6 is 0 Å². The Labute approximate surface area is 158 Å². The Morgan fingerprint density at radius 1 is 1.14 bits per heavy atom. The van der Waals surface area contributed by atoms with Gasteiger partial charge in [0.05, 0.1) is 18.9 Å². The third kappa shape index (κ3) is 4.87. The second-order valence-corrected chi connectivity index (χ2v) is 7.83. The SMILES string of the molecule is O=S(=O)(c1ccccc1OC(F)(F)F)N1CCCC(Oc2ncc(F)cn2)C1. The highest BCUT2D eigenvalue weighted by Crippen LogP contribution is 2.32. The van der Waals surface area contributed by atoms with Gasteiger partial charge in [-0.05, 0) is 25.0 Å². The smallest absolute Gasteiger partial charge is 0.459 e. The number of ether oxygens (including phenoxy) is 2. The summed E-state index contributed by atoms with van der Waals surface area (Å²) >= 11 is 0. The summed E-state index contributed by atoms with van der Waals surface area (Å²) in [5.74, 6) is -1.46. The lowest BCUT2D eigenvalue weighted by Gasteiger charge is -2.31. The molecule has 1 fully saturated rings. The van der Waals surface area contributed by atoms with E-state index in [1.807, 2.05) is 0 Å². The van der Waals surface area contributed by atoms with E-state index in [4.69, 9.17) is 4.74 Å². The normalized spacial score (nSPS) is 18.6. The Morgan fingerprint density at radius 2 is 1.82 bits per heavy atom. The molecule has 0 radical (unpaired) electrons. The van der Waals surface area contributed by atoms with Crippen LogP contribution in [0.25, 0.3) is 0 Å². The summed E-state index contributed by atoms with van der Waals surface area (Å²) in [6.45, 7) is -0.0176. The first kappa shape index (κ1) is 20.3. The molecule has 1 unspecified atom stereocenters. The van der Waals surface area contributed by atoms with Gasteiger partial charge in [-0.3, -0.25) is 0 Å². The van der Waals surface area contributed by atoms with E-state index in [1.165, 1.54) is 12.1 Å². The Kier molecular flexibility index (Phi) is 5.70. The van der Waals surface area contributed by atoms with Gasteiger partial charge in [0, 0.05) is 6.54 Å². The fourth-order valence-electron chi connectivity index (χ4n) is 2.74. The molecule has 1 aromatic heterocycles. The number of sulfonamides is 1. The minimum atomic E-state index is -5.03. The van der Waals surface area contributed by atoms with Gasteiger partial charge in [0.15, 0.2) is 5.82 Å². The number of alkyl halides is 3. The van der Waals surface area contributed by atoms with Gasteiger partial charge in [-0.2, -0.15) is 4.31 Å². The summed E-state index contributed by atoms with van der Waals surface area (Å²) < 4.78 is 86.7. The van der Waals surface area contributed by atoms with E-state index in [0.717, 1.165) is 28.8 Å². The van der Waals surface area contributed by atoms with Crippen molar-refractivity contribution < 1.29 is 35.5 Å². The second kappa shape index (κ2) is 7.87. The van der Waals surface area contributed by atoms with Crippen LogP contribution in [0.5, 0.6) is 11.8 Å². The van der Waals surface area contributed by atoms with Gasteiger partial charge in [-0.15, -0.1) is 13.2 Å². The number of hydrogen-bond acceptors (Lipinski definition) is 6. The van der Waals surface area contributed by atoms with Gasteiger partial charge in [0.2, 0.25) is 10.0 Å². The van der Waals surface area contributed by atoms with Crippen molar-refractivity contribution >= 4 is 10.0 Å². The molecule has 0 bridgehead atoms. The Balaban J connectivity index is 1.79. The maximum Gasteiger partial charge on any atom is 0.573 e. The zero-order valence-corrected chi connectivity index (χ0v) is 15.1. The molecule has 28 heavy (non-hydrogen) atoms. The van der Waals surface area contributed by atoms with E-state index >= 15 is 0 Å². The monoisotopic (exact) mass is 421 g/mol. The van der Waals surface area contributed by atoms with Crippen molar-refractivity contribution in [3.05, 3.63) is 42.5 Å². The minimum absolute atomic E-state index is 0.104. The topological polar surface area (TPSA) is 81.6 Å². The maximum atomic E-state index is 12.9. The van der Waals surface area contributed by atoms with Crippen LogP contribution in [-0.2, 0) is 10.0 Å². The summed E-state index contributed by atoms with van der Waals surface area (Å²) in [6.07, 6.45) is -2.96. The van der Waals surface area contributed by atoms with Crippen molar-refractivity contribution in [3.8, 4) is 11.8 Å². The van der Waals surface area contributed by atoms with Crippen LogP contribution in [0.15, 0.2) is 41.6 Å². The van der Waals surface area contributed by atoms with Crippen LogP contribution in [0.3, 0.4) is 0 Å². The lowest BCUT2D eigenvalue weighted by molar-refractivity contribution is -0.275. The zero-order valence-electron chi connectivity index (χ0n) is 14.3. The molecule has 0 N–H and O–H groups in total. The predicted molar refractivity (Wildman–Crippen MR) is 87.5 cm³/mol. The summed E-state index contributed by atoms with van der Waals surface area (Å²) in [7, 11) is -4.27. The molecule has 152 valence electrons. The highest BCUT2D eigenvalue weighted by Gasteiger charge is 2.37. The number of piperidine rings is 1. The van der Waals surface area contributed by atoms with Crippen LogP contribution in [0.1, 0.15) is 12.8 Å². The molecule has 1 aliphatic rings. The summed E-state index contributed by atoms with van der Waals surface area (Å²) in [6, 6.07) is 4.41. The van der Waals surface area contributed by atoms with Crippen molar-refractivity contribution in [1.82, 2.24) is 14.3 Å². The molecule has 0 amide bonds. The van der Waals surface area contributed by atoms with E-state index in [1.54, 1.807) is 0 Å². The quantitative estimate of drug-likeness (QED) is 0.691. The molecule has 1 saturated heterocycles. The van der Waals surface area contributed by atoms with E-state index in [9.17, 15) is 26.0 Å². The van der Waals surface area contributed by atoms with Crippen LogP contribution in [-0.4, -0.2) is 48.2 Å². The molecule has 3 rings (SSSR count). The van der Waals surface area contributed by atoms with E-state index in [-0.39, 0.29) is 19.1 Å². The molecule has 1 aromatic carbocycles. The molecule has 1 atom stereocenters. The highest BCUT2D eigenvalue weighted by atomic mass is 32.2. The van der Waals surface area contributed by atoms with Crippen molar-refractivity contribution in [2.24, 2.45) is 0 Å². The van der Waals surface area contributed by atoms with Crippen LogP contribution < -0.4 is 9.47 Å². The van der Waals surface area contributed by atoms with Crippen LogP contribution in [0.4, 0.5) is 17.6 Å². The average molecular weight is 421 g/mol. The average Bonchev–Trinajstić information content (AvgIpc) is 2.63. The number of aromatic nitrogens is 2. The summed E-state index contributed by atoms with van der Waals surface area (Å²) in [5.41, 5.74) is 0. The van der Waals surface area contributed by atoms with Gasteiger partial charge in [0.1, 0.15) is 16.7 Å². The molecule has 0 spiro atoms. The summed E-state index contributed by atoms with van der Waals surface area (Å²) in [4.78, 5) is 6.71. The van der Waals surface area contributed by atoms with Crippen LogP contribution in [0, 0.1) is 5.82 Å². The lowest BCUT2D eigenvalue weighted by Crippen LogP contribution is -2.44. The number of para-hydroxylation sites is 1.